The molecule has 18 heavy (non-hydrogen) atoms. The van der Waals surface area contributed by atoms with Crippen molar-refractivity contribution in [2.75, 3.05) is 0 Å². The van der Waals surface area contributed by atoms with Crippen LogP contribution in [0.15, 0.2) is 0 Å². The van der Waals surface area contributed by atoms with Crippen LogP contribution in [-0.2, 0) is 9.59 Å². The van der Waals surface area contributed by atoms with E-state index in [4.69, 9.17) is 0 Å². The van der Waals surface area contributed by atoms with E-state index in [9.17, 15) is 14.7 Å². The van der Waals surface area contributed by atoms with Gasteiger partial charge in [-0.15, -0.1) is 0 Å². The highest BCUT2D eigenvalue weighted by Crippen LogP contribution is 2.40. The third-order valence-electron chi connectivity index (χ3n) is 4.24. The minimum Gasteiger partial charge on any atom is -0.480 e. The number of carboxylic acid groups (broad SMARTS) is 1. The van der Waals surface area contributed by atoms with E-state index in [-0.39, 0.29) is 17.9 Å². The van der Waals surface area contributed by atoms with Crippen molar-refractivity contribution in [3.63, 3.8) is 0 Å². The second-order valence-corrected chi connectivity index (χ2v) is 6.10. The van der Waals surface area contributed by atoms with Crippen LogP contribution in [0, 0.1) is 11.8 Å². The zero-order valence-corrected chi connectivity index (χ0v) is 11.3. The Morgan fingerprint density at radius 1 is 1.28 bits per heavy atom. The zero-order valence-electron chi connectivity index (χ0n) is 11.3. The van der Waals surface area contributed by atoms with Gasteiger partial charge in [-0.25, -0.2) is 4.79 Å². The third kappa shape index (κ3) is 2.52. The van der Waals surface area contributed by atoms with Crippen LogP contribution in [0.5, 0.6) is 0 Å². The van der Waals surface area contributed by atoms with E-state index in [0.29, 0.717) is 18.8 Å². The molecule has 0 bridgehead atoms. The SMILES string of the molecule is CC(C)CC(=O)N1C(C(=O)O)CC2CCCCC21. The van der Waals surface area contributed by atoms with Crippen molar-refractivity contribution in [1.29, 1.82) is 0 Å². The minimum absolute atomic E-state index is 0.0341. The lowest BCUT2D eigenvalue weighted by Gasteiger charge is -2.33. The van der Waals surface area contributed by atoms with Gasteiger partial charge in [-0.1, -0.05) is 26.7 Å². The molecule has 2 fully saturated rings. The van der Waals surface area contributed by atoms with Gasteiger partial charge in [-0.2, -0.15) is 0 Å². The van der Waals surface area contributed by atoms with Crippen LogP contribution in [0.25, 0.3) is 0 Å². The summed E-state index contributed by atoms with van der Waals surface area (Å²) in [5.41, 5.74) is 0. The number of rotatable bonds is 3. The number of fused-ring (bicyclic) bond motifs is 1. The lowest BCUT2D eigenvalue weighted by Crippen LogP contribution is -2.46. The summed E-state index contributed by atoms with van der Waals surface area (Å²) in [7, 11) is 0. The molecule has 1 amide bonds. The van der Waals surface area contributed by atoms with Crippen molar-refractivity contribution in [1.82, 2.24) is 4.90 Å². The quantitative estimate of drug-likeness (QED) is 0.839. The molecule has 1 N–H and O–H groups in total. The number of likely N-dealkylation sites (tertiary alicyclic amines) is 1. The monoisotopic (exact) mass is 253 g/mol. The van der Waals surface area contributed by atoms with Gasteiger partial charge in [0, 0.05) is 12.5 Å². The number of amides is 1. The second kappa shape index (κ2) is 5.29. The molecule has 0 spiro atoms. The number of aliphatic carboxylic acids is 1. The molecule has 0 aromatic heterocycles. The largest absolute Gasteiger partial charge is 0.480 e. The molecule has 4 nitrogen and oxygen atoms in total. The maximum Gasteiger partial charge on any atom is 0.326 e. The first-order valence-corrected chi connectivity index (χ1v) is 7.04. The molecule has 102 valence electrons. The van der Waals surface area contributed by atoms with Gasteiger partial charge < -0.3 is 10.0 Å². The Morgan fingerprint density at radius 2 is 1.94 bits per heavy atom. The Morgan fingerprint density at radius 3 is 2.56 bits per heavy atom. The van der Waals surface area contributed by atoms with Crippen molar-refractivity contribution in [3.05, 3.63) is 0 Å². The van der Waals surface area contributed by atoms with Crippen molar-refractivity contribution in [2.45, 2.75) is 64.5 Å². The highest BCUT2D eigenvalue weighted by molar-refractivity contribution is 5.84. The molecule has 3 atom stereocenters. The van der Waals surface area contributed by atoms with Crippen LogP contribution >= 0.6 is 0 Å². The topological polar surface area (TPSA) is 57.6 Å². The Hall–Kier alpha value is -1.06. The van der Waals surface area contributed by atoms with Crippen LogP contribution < -0.4 is 0 Å². The standard InChI is InChI=1S/C14H23NO3/c1-9(2)7-13(16)15-11-6-4-3-5-10(11)8-12(15)14(17)18/h9-12H,3-8H2,1-2H3,(H,17,18). The molecule has 2 aliphatic rings. The molecule has 2 rings (SSSR count). The predicted octanol–water partition coefficient (Wildman–Crippen LogP) is 2.28. The van der Waals surface area contributed by atoms with E-state index in [2.05, 4.69) is 0 Å². The lowest BCUT2D eigenvalue weighted by atomic mass is 9.84. The van der Waals surface area contributed by atoms with E-state index in [1.807, 2.05) is 13.8 Å². The predicted molar refractivity (Wildman–Crippen MR) is 68.1 cm³/mol. The fraction of sp³-hybridized carbons (Fsp3) is 0.857. The van der Waals surface area contributed by atoms with Gasteiger partial charge in [0.1, 0.15) is 6.04 Å². The summed E-state index contributed by atoms with van der Waals surface area (Å²) in [5, 5.41) is 9.32. The van der Waals surface area contributed by atoms with Crippen molar-refractivity contribution in [2.24, 2.45) is 11.8 Å². The van der Waals surface area contributed by atoms with Crippen molar-refractivity contribution >= 4 is 11.9 Å². The summed E-state index contributed by atoms with van der Waals surface area (Å²) < 4.78 is 0. The summed E-state index contributed by atoms with van der Waals surface area (Å²) in [6, 6.07) is -0.393. The zero-order chi connectivity index (χ0) is 13.3. The summed E-state index contributed by atoms with van der Waals surface area (Å²) in [4.78, 5) is 25.3. The van der Waals surface area contributed by atoms with E-state index in [1.165, 1.54) is 6.42 Å². The van der Waals surface area contributed by atoms with Crippen LogP contribution in [0.4, 0.5) is 0 Å². The molecule has 1 heterocycles. The molecule has 0 aromatic rings. The summed E-state index contributed by atoms with van der Waals surface area (Å²) >= 11 is 0. The highest BCUT2D eigenvalue weighted by Gasteiger charge is 2.47. The van der Waals surface area contributed by atoms with Crippen LogP contribution in [-0.4, -0.2) is 34.0 Å². The molecular weight excluding hydrogens is 230 g/mol. The average molecular weight is 253 g/mol. The maximum atomic E-state index is 12.3. The number of carbonyl (C=O) groups excluding carboxylic acids is 1. The highest BCUT2D eigenvalue weighted by atomic mass is 16.4. The van der Waals surface area contributed by atoms with Gasteiger partial charge in [0.2, 0.25) is 5.91 Å². The van der Waals surface area contributed by atoms with E-state index in [0.717, 1.165) is 19.3 Å². The molecule has 4 heteroatoms. The van der Waals surface area contributed by atoms with Gasteiger partial charge in [0.25, 0.3) is 0 Å². The second-order valence-electron chi connectivity index (χ2n) is 6.10. The number of nitrogens with zero attached hydrogens (tertiary/aromatic N) is 1. The molecule has 1 saturated carbocycles. The van der Waals surface area contributed by atoms with E-state index in [1.54, 1.807) is 4.90 Å². The number of carboxylic acids is 1. The van der Waals surface area contributed by atoms with Crippen molar-refractivity contribution < 1.29 is 14.7 Å². The van der Waals surface area contributed by atoms with Crippen LogP contribution in [0.1, 0.15) is 52.4 Å². The Bertz CT molecular complexity index is 340. The first-order valence-electron chi connectivity index (χ1n) is 7.04. The fourth-order valence-electron chi connectivity index (χ4n) is 3.49. The number of hydrogen-bond donors (Lipinski definition) is 1. The van der Waals surface area contributed by atoms with Crippen molar-refractivity contribution in [3.8, 4) is 0 Å². The third-order valence-corrected chi connectivity index (χ3v) is 4.24. The molecule has 0 radical (unpaired) electrons. The number of carbonyl (C=O) groups is 2. The molecule has 3 unspecified atom stereocenters. The fourth-order valence-corrected chi connectivity index (χ4v) is 3.49. The Kier molecular flexibility index (Phi) is 3.93. The molecule has 1 saturated heterocycles. The molecule has 1 aliphatic heterocycles. The smallest absolute Gasteiger partial charge is 0.326 e. The summed E-state index contributed by atoms with van der Waals surface area (Å²) in [6.45, 7) is 4.00. The van der Waals surface area contributed by atoms with Gasteiger partial charge >= 0.3 is 5.97 Å². The summed E-state index contributed by atoms with van der Waals surface area (Å²) in [5.74, 6) is -0.0983. The summed E-state index contributed by atoms with van der Waals surface area (Å²) in [6.07, 6.45) is 5.49. The molecule has 0 aromatic carbocycles. The lowest BCUT2D eigenvalue weighted by molar-refractivity contribution is -0.150. The Balaban J connectivity index is 2.16. The number of hydrogen-bond acceptors (Lipinski definition) is 2. The maximum absolute atomic E-state index is 12.3. The molecule has 1 aliphatic carbocycles. The normalized spacial score (nSPS) is 31.5. The minimum atomic E-state index is -0.832. The first kappa shape index (κ1) is 13.4. The Labute approximate surface area is 108 Å². The van der Waals surface area contributed by atoms with Gasteiger partial charge in [-0.3, -0.25) is 4.79 Å². The van der Waals surface area contributed by atoms with Crippen LogP contribution in [0.3, 0.4) is 0 Å². The average Bonchev–Trinajstić information content (AvgIpc) is 2.67. The van der Waals surface area contributed by atoms with Gasteiger partial charge in [0.15, 0.2) is 0 Å². The first-order chi connectivity index (χ1) is 8.50. The van der Waals surface area contributed by atoms with Crippen LogP contribution in [0.2, 0.25) is 0 Å². The van der Waals surface area contributed by atoms with Gasteiger partial charge in [-0.05, 0) is 31.1 Å². The molecular formula is C14H23NO3. The van der Waals surface area contributed by atoms with Gasteiger partial charge in [0.05, 0.1) is 0 Å². The van der Waals surface area contributed by atoms with E-state index >= 15 is 0 Å². The van der Waals surface area contributed by atoms with E-state index < -0.39 is 12.0 Å².